The van der Waals surface area contributed by atoms with E-state index in [1.165, 1.54) is 6.20 Å². The van der Waals surface area contributed by atoms with E-state index < -0.39 is 24.0 Å². The zero-order valence-electron chi connectivity index (χ0n) is 9.51. The van der Waals surface area contributed by atoms with Gasteiger partial charge < -0.3 is 15.0 Å². The second-order valence-corrected chi connectivity index (χ2v) is 3.72. The van der Waals surface area contributed by atoms with Crippen molar-refractivity contribution in [3.05, 3.63) is 28.4 Å². The standard InChI is InChI=1S/C10H13N3O4/c1-6(2)13(5-9(15)16)10(17)7-3-12-8(14)4-11-7/h3-4,6H,5H2,1-2H3,(H,12,14)(H,15,16). The predicted molar refractivity (Wildman–Crippen MR) is 58.7 cm³/mol. The fourth-order valence-electron chi connectivity index (χ4n) is 1.24. The lowest BCUT2D eigenvalue weighted by atomic mass is 10.2. The van der Waals surface area contributed by atoms with Gasteiger partial charge in [0.1, 0.15) is 12.2 Å². The Bertz CT molecular complexity index is 460. The van der Waals surface area contributed by atoms with E-state index >= 15 is 0 Å². The van der Waals surface area contributed by atoms with Crippen LogP contribution in [0, 0.1) is 0 Å². The van der Waals surface area contributed by atoms with Gasteiger partial charge in [0.15, 0.2) is 0 Å². The number of aliphatic carboxylic acids is 1. The molecular weight excluding hydrogens is 226 g/mol. The summed E-state index contributed by atoms with van der Waals surface area (Å²) in [5.74, 6) is -1.63. The highest BCUT2D eigenvalue weighted by Crippen LogP contribution is 2.04. The number of hydrogen-bond donors (Lipinski definition) is 2. The first-order valence-corrected chi connectivity index (χ1v) is 4.99. The summed E-state index contributed by atoms with van der Waals surface area (Å²) in [7, 11) is 0. The first-order valence-electron chi connectivity index (χ1n) is 4.99. The normalized spacial score (nSPS) is 10.3. The minimum atomic E-state index is -1.10. The molecule has 1 aromatic rings. The molecule has 0 bridgehead atoms. The summed E-state index contributed by atoms with van der Waals surface area (Å²) in [6.45, 7) is 3.00. The van der Waals surface area contributed by atoms with Crippen LogP contribution in [0.3, 0.4) is 0 Å². The second-order valence-electron chi connectivity index (χ2n) is 3.72. The van der Waals surface area contributed by atoms with Crippen LogP contribution in [0.5, 0.6) is 0 Å². The lowest BCUT2D eigenvalue weighted by Gasteiger charge is -2.24. The summed E-state index contributed by atoms with van der Waals surface area (Å²) >= 11 is 0. The van der Waals surface area contributed by atoms with E-state index in [1.54, 1.807) is 13.8 Å². The smallest absolute Gasteiger partial charge is 0.323 e. The number of carboxylic acid groups (broad SMARTS) is 1. The van der Waals surface area contributed by atoms with Crippen molar-refractivity contribution in [1.29, 1.82) is 0 Å². The van der Waals surface area contributed by atoms with E-state index in [2.05, 4.69) is 9.97 Å². The van der Waals surface area contributed by atoms with Gasteiger partial charge in [0.05, 0.1) is 6.20 Å². The van der Waals surface area contributed by atoms with Crippen molar-refractivity contribution in [2.24, 2.45) is 0 Å². The Morgan fingerprint density at radius 3 is 2.59 bits per heavy atom. The third-order valence-corrected chi connectivity index (χ3v) is 2.08. The number of carbonyl (C=O) groups excluding carboxylic acids is 1. The molecule has 0 aliphatic carbocycles. The molecular formula is C10H13N3O4. The maximum absolute atomic E-state index is 11.9. The number of aromatic amines is 1. The second kappa shape index (κ2) is 5.24. The Hall–Kier alpha value is -2.18. The number of carboxylic acids is 1. The van der Waals surface area contributed by atoms with Crippen LogP contribution in [0.15, 0.2) is 17.2 Å². The highest BCUT2D eigenvalue weighted by atomic mass is 16.4. The SMILES string of the molecule is CC(C)N(CC(=O)O)C(=O)c1c[nH]c(=O)cn1. The van der Waals surface area contributed by atoms with Crippen LogP contribution in [0.25, 0.3) is 0 Å². The third-order valence-electron chi connectivity index (χ3n) is 2.08. The Morgan fingerprint density at radius 2 is 2.18 bits per heavy atom. The van der Waals surface area contributed by atoms with Gasteiger partial charge in [-0.05, 0) is 13.8 Å². The van der Waals surface area contributed by atoms with Gasteiger partial charge in [-0.15, -0.1) is 0 Å². The number of aromatic nitrogens is 2. The number of amides is 1. The van der Waals surface area contributed by atoms with E-state index in [4.69, 9.17) is 5.11 Å². The third kappa shape index (κ3) is 3.40. The van der Waals surface area contributed by atoms with Crippen molar-refractivity contribution in [1.82, 2.24) is 14.9 Å². The minimum Gasteiger partial charge on any atom is -0.480 e. The fraction of sp³-hybridized carbons (Fsp3) is 0.400. The number of rotatable bonds is 4. The van der Waals surface area contributed by atoms with Crippen LogP contribution in [0.2, 0.25) is 0 Å². The summed E-state index contributed by atoms with van der Waals surface area (Å²) in [6.07, 6.45) is 2.15. The largest absolute Gasteiger partial charge is 0.480 e. The summed E-state index contributed by atoms with van der Waals surface area (Å²) in [5, 5.41) is 8.70. The highest BCUT2D eigenvalue weighted by Gasteiger charge is 2.22. The van der Waals surface area contributed by atoms with E-state index in [0.717, 1.165) is 11.1 Å². The average molecular weight is 239 g/mol. The van der Waals surface area contributed by atoms with Gasteiger partial charge in [-0.25, -0.2) is 4.98 Å². The molecule has 17 heavy (non-hydrogen) atoms. The van der Waals surface area contributed by atoms with Crippen molar-refractivity contribution in [3.8, 4) is 0 Å². The molecule has 0 saturated carbocycles. The lowest BCUT2D eigenvalue weighted by Crippen LogP contribution is -2.41. The first-order chi connectivity index (χ1) is 7.91. The summed E-state index contributed by atoms with van der Waals surface area (Å²) in [4.78, 5) is 40.5. The zero-order chi connectivity index (χ0) is 13.0. The number of nitrogens with zero attached hydrogens (tertiary/aromatic N) is 2. The quantitative estimate of drug-likeness (QED) is 0.751. The summed E-state index contributed by atoms with van der Waals surface area (Å²) < 4.78 is 0. The van der Waals surface area contributed by atoms with Gasteiger partial charge in [-0.2, -0.15) is 0 Å². The molecule has 7 nitrogen and oxygen atoms in total. The van der Waals surface area contributed by atoms with Gasteiger partial charge in [0, 0.05) is 12.2 Å². The molecule has 0 saturated heterocycles. The minimum absolute atomic E-state index is 0.0135. The van der Waals surface area contributed by atoms with Crippen LogP contribution in [-0.4, -0.2) is 44.4 Å². The Balaban J connectivity index is 2.95. The molecule has 7 heteroatoms. The van der Waals surface area contributed by atoms with E-state index in [-0.39, 0.29) is 11.7 Å². The van der Waals surface area contributed by atoms with E-state index in [9.17, 15) is 14.4 Å². The van der Waals surface area contributed by atoms with E-state index in [0.29, 0.717) is 0 Å². The number of H-pyrrole nitrogens is 1. The van der Waals surface area contributed by atoms with Gasteiger partial charge in [-0.1, -0.05) is 0 Å². The van der Waals surface area contributed by atoms with Crippen LogP contribution < -0.4 is 5.56 Å². The van der Waals surface area contributed by atoms with Crippen LogP contribution in [0.4, 0.5) is 0 Å². The molecule has 92 valence electrons. The van der Waals surface area contributed by atoms with Crippen LogP contribution >= 0.6 is 0 Å². The monoisotopic (exact) mass is 239 g/mol. The van der Waals surface area contributed by atoms with Crippen molar-refractivity contribution in [2.75, 3.05) is 6.54 Å². The molecule has 0 unspecified atom stereocenters. The van der Waals surface area contributed by atoms with Crippen LogP contribution in [-0.2, 0) is 4.79 Å². The molecule has 1 amide bonds. The lowest BCUT2D eigenvalue weighted by molar-refractivity contribution is -0.138. The molecule has 0 aromatic carbocycles. The molecule has 0 radical (unpaired) electrons. The molecule has 0 spiro atoms. The maximum Gasteiger partial charge on any atom is 0.323 e. The van der Waals surface area contributed by atoms with Crippen molar-refractivity contribution in [3.63, 3.8) is 0 Å². The molecule has 0 aliphatic heterocycles. The van der Waals surface area contributed by atoms with Crippen molar-refractivity contribution >= 4 is 11.9 Å². The number of carbonyl (C=O) groups is 2. The Morgan fingerprint density at radius 1 is 1.53 bits per heavy atom. The first kappa shape index (κ1) is 12.9. The molecule has 0 fully saturated rings. The Kier molecular flexibility index (Phi) is 3.97. The van der Waals surface area contributed by atoms with Crippen LogP contribution in [0.1, 0.15) is 24.3 Å². The van der Waals surface area contributed by atoms with E-state index in [1.807, 2.05) is 0 Å². The molecule has 0 aliphatic rings. The Labute approximate surface area is 97.1 Å². The van der Waals surface area contributed by atoms with Crippen molar-refractivity contribution in [2.45, 2.75) is 19.9 Å². The molecule has 1 heterocycles. The number of hydrogen-bond acceptors (Lipinski definition) is 4. The average Bonchev–Trinajstić information content (AvgIpc) is 2.25. The predicted octanol–water partition coefficient (Wildman–Crippen LogP) is -0.295. The zero-order valence-corrected chi connectivity index (χ0v) is 9.51. The molecule has 2 N–H and O–H groups in total. The molecule has 1 aromatic heterocycles. The summed E-state index contributed by atoms with van der Waals surface area (Å²) in [6, 6.07) is -0.271. The van der Waals surface area contributed by atoms with Gasteiger partial charge in [-0.3, -0.25) is 14.4 Å². The van der Waals surface area contributed by atoms with Gasteiger partial charge in [0.25, 0.3) is 11.5 Å². The van der Waals surface area contributed by atoms with Gasteiger partial charge in [0.2, 0.25) is 0 Å². The summed E-state index contributed by atoms with van der Waals surface area (Å²) in [5.41, 5.74) is -0.407. The highest BCUT2D eigenvalue weighted by molar-refractivity contribution is 5.94. The fourth-order valence-corrected chi connectivity index (χ4v) is 1.24. The maximum atomic E-state index is 11.9. The number of nitrogens with one attached hydrogen (secondary N) is 1. The topological polar surface area (TPSA) is 103 Å². The molecule has 1 rings (SSSR count). The van der Waals surface area contributed by atoms with Gasteiger partial charge >= 0.3 is 5.97 Å². The van der Waals surface area contributed by atoms with Crippen molar-refractivity contribution < 1.29 is 14.7 Å². The molecule has 0 atom stereocenters.